The number of hydrogen-bond donors (Lipinski definition) is 1. The second kappa shape index (κ2) is 11.0. The quantitative estimate of drug-likeness (QED) is 0.352. The molecule has 2 aromatic carbocycles. The van der Waals surface area contributed by atoms with Crippen LogP contribution in [0.5, 0.6) is 5.75 Å². The summed E-state index contributed by atoms with van der Waals surface area (Å²) in [6, 6.07) is 12.7. The second-order valence-corrected chi connectivity index (χ2v) is 13.8. The lowest BCUT2D eigenvalue weighted by molar-refractivity contribution is -0.137. The summed E-state index contributed by atoms with van der Waals surface area (Å²) in [5.41, 5.74) is 3.71. The molecule has 0 spiro atoms. The largest absolute Gasteiger partial charge is 0.489 e. The van der Waals surface area contributed by atoms with Gasteiger partial charge in [0.25, 0.3) is 0 Å². The highest BCUT2D eigenvalue weighted by Crippen LogP contribution is 2.55. The Bertz CT molecular complexity index is 1430. The first-order valence-electron chi connectivity index (χ1n) is 13.9. The van der Waals surface area contributed by atoms with Gasteiger partial charge >= 0.3 is 5.97 Å². The molecule has 1 heterocycles. The summed E-state index contributed by atoms with van der Waals surface area (Å²) in [5, 5.41) is 10.7. The van der Waals surface area contributed by atoms with Crippen LogP contribution in [0.2, 0.25) is 10.0 Å². The van der Waals surface area contributed by atoms with Gasteiger partial charge in [-0.15, -0.1) is 0 Å². The minimum absolute atomic E-state index is 0.0330. The Balaban J connectivity index is 1.70. The normalized spacial score (nSPS) is 20.2. The van der Waals surface area contributed by atoms with Crippen LogP contribution in [-0.4, -0.2) is 34.1 Å². The Kier molecular flexibility index (Phi) is 7.86. The van der Waals surface area contributed by atoms with Crippen LogP contribution in [0, 0.1) is 10.8 Å². The van der Waals surface area contributed by atoms with Crippen molar-refractivity contribution in [2.45, 2.75) is 72.3 Å². The Labute approximate surface area is 251 Å². The van der Waals surface area contributed by atoms with Gasteiger partial charge in [0.15, 0.2) is 11.6 Å². The molecule has 0 saturated carbocycles. The number of aliphatic carboxylic acids is 1. The highest BCUT2D eigenvalue weighted by atomic mass is 35.5. The number of carboxylic acid groups (broad SMARTS) is 1. The number of halogens is 2. The SMILES string of the molecule is CC1(C)CC(=O)C2=C(C1)N(CCC(=O)O)C1=C(C(=O)CC(C)(C)C1)C2c1cc(Cl)ccc1OCc1ccc(Cl)cc1. The molecule has 2 aliphatic carbocycles. The molecule has 5 rings (SSSR count). The van der Waals surface area contributed by atoms with Crippen LogP contribution in [0.1, 0.15) is 76.8 Å². The zero-order valence-corrected chi connectivity index (χ0v) is 25.4. The first kappa shape index (κ1) is 29.4. The summed E-state index contributed by atoms with van der Waals surface area (Å²) in [5.74, 6) is -1.09. The monoisotopic (exact) mass is 595 g/mol. The summed E-state index contributed by atoms with van der Waals surface area (Å²) in [4.78, 5) is 41.7. The van der Waals surface area contributed by atoms with Gasteiger partial charge in [0.05, 0.1) is 6.42 Å². The molecule has 0 atom stereocenters. The van der Waals surface area contributed by atoms with Crippen molar-refractivity contribution < 1.29 is 24.2 Å². The molecule has 0 amide bonds. The van der Waals surface area contributed by atoms with Crippen LogP contribution >= 0.6 is 23.2 Å². The molecular formula is C33H35Cl2NO5. The van der Waals surface area contributed by atoms with Crippen LogP contribution in [0.15, 0.2) is 65.0 Å². The van der Waals surface area contributed by atoms with Gasteiger partial charge in [-0.3, -0.25) is 14.4 Å². The molecule has 0 bridgehead atoms. The van der Waals surface area contributed by atoms with E-state index in [0.717, 1.165) is 17.0 Å². The van der Waals surface area contributed by atoms with E-state index in [1.54, 1.807) is 30.3 Å². The van der Waals surface area contributed by atoms with Gasteiger partial charge in [-0.2, -0.15) is 0 Å². The summed E-state index contributed by atoms with van der Waals surface area (Å²) < 4.78 is 6.33. The van der Waals surface area contributed by atoms with Gasteiger partial charge in [-0.1, -0.05) is 63.0 Å². The molecule has 0 saturated heterocycles. The first-order chi connectivity index (χ1) is 19.2. The summed E-state index contributed by atoms with van der Waals surface area (Å²) >= 11 is 12.6. The maximum Gasteiger partial charge on any atom is 0.305 e. The number of carboxylic acids is 1. The number of ether oxygens (including phenoxy) is 1. The third-order valence-electron chi connectivity index (χ3n) is 8.16. The summed E-state index contributed by atoms with van der Waals surface area (Å²) in [7, 11) is 0. The van der Waals surface area contributed by atoms with E-state index in [9.17, 15) is 19.5 Å². The third-order valence-corrected chi connectivity index (χ3v) is 8.65. The van der Waals surface area contributed by atoms with E-state index in [0.29, 0.717) is 58.2 Å². The minimum Gasteiger partial charge on any atom is -0.489 e. The number of Topliss-reactive ketones (excluding diaryl/α,β-unsaturated/α-hetero) is 2. The molecule has 8 heteroatoms. The average molecular weight is 597 g/mol. The number of nitrogens with zero attached hydrogens (tertiary/aromatic N) is 1. The molecule has 6 nitrogen and oxygen atoms in total. The second-order valence-electron chi connectivity index (χ2n) is 12.9. The van der Waals surface area contributed by atoms with Crippen molar-refractivity contribution in [2.75, 3.05) is 6.54 Å². The van der Waals surface area contributed by atoms with E-state index in [1.807, 2.05) is 17.0 Å². The zero-order chi connectivity index (χ0) is 29.7. The maximum absolute atomic E-state index is 14.0. The van der Waals surface area contributed by atoms with Gasteiger partial charge in [0, 0.05) is 63.5 Å². The summed E-state index contributed by atoms with van der Waals surface area (Å²) in [6.07, 6.45) is 1.75. The molecule has 41 heavy (non-hydrogen) atoms. The Morgan fingerprint density at radius 3 is 1.95 bits per heavy atom. The predicted octanol–water partition coefficient (Wildman–Crippen LogP) is 7.73. The number of hydrogen-bond acceptors (Lipinski definition) is 5. The number of ketones is 2. The Morgan fingerprint density at radius 2 is 1.41 bits per heavy atom. The van der Waals surface area contributed by atoms with Gasteiger partial charge in [0.2, 0.25) is 0 Å². The van der Waals surface area contributed by atoms with Crippen molar-refractivity contribution in [3.8, 4) is 5.75 Å². The van der Waals surface area contributed by atoms with Crippen molar-refractivity contribution in [1.82, 2.24) is 4.90 Å². The minimum atomic E-state index is -0.924. The van der Waals surface area contributed by atoms with E-state index in [4.69, 9.17) is 27.9 Å². The highest BCUT2D eigenvalue weighted by molar-refractivity contribution is 6.31. The molecule has 2 aromatic rings. The van der Waals surface area contributed by atoms with Crippen LogP contribution < -0.4 is 4.74 Å². The van der Waals surface area contributed by atoms with Crippen molar-refractivity contribution >= 4 is 40.7 Å². The van der Waals surface area contributed by atoms with Crippen molar-refractivity contribution in [1.29, 1.82) is 0 Å². The number of rotatable bonds is 7. The number of carbonyl (C=O) groups is 3. The highest BCUT2D eigenvalue weighted by Gasteiger charge is 2.49. The molecule has 0 fully saturated rings. The lowest BCUT2D eigenvalue weighted by Crippen LogP contribution is -2.45. The fourth-order valence-corrected chi connectivity index (χ4v) is 6.76. The van der Waals surface area contributed by atoms with E-state index in [1.165, 1.54) is 0 Å². The van der Waals surface area contributed by atoms with Gasteiger partial charge in [0.1, 0.15) is 12.4 Å². The fourth-order valence-electron chi connectivity index (χ4n) is 6.45. The lowest BCUT2D eigenvalue weighted by Gasteiger charge is -2.49. The molecule has 3 aliphatic rings. The molecule has 216 valence electrons. The standard InChI is InChI=1S/C33H35Cl2NO5/c1-32(2)14-23-30(25(37)16-32)29(31-24(36(23)12-11-28(39)40)15-33(3,4)17-26(31)38)22-13-21(35)9-10-27(22)41-18-19-5-7-20(34)8-6-19/h5-10,13,29H,11-12,14-18H2,1-4H3,(H,39,40). The van der Waals surface area contributed by atoms with E-state index in [-0.39, 0.29) is 42.0 Å². The van der Waals surface area contributed by atoms with Crippen molar-refractivity contribution in [2.24, 2.45) is 10.8 Å². The van der Waals surface area contributed by atoms with Gasteiger partial charge < -0.3 is 14.7 Å². The summed E-state index contributed by atoms with van der Waals surface area (Å²) in [6.45, 7) is 8.68. The number of allylic oxidation sites excluding steroid dienone is 4. The van der Waals surface area contributed by atoms with E-state index < -0.39 is 11.9 Å². The van der Waals surface area contributed by atoms with Gasteiger partial charge in [-0.25, -0.2) is 0 Å². The molecular weight excluding hydrogens is 561 g/mol. The fraction of sp³-hybridized carbons (Fsp3) is 0.424. The van der Waals surface area contributed by atoms with E-state index >= 15 is 0 Å². The van der Waals surface area contributed by atoms with Crippen LogP contribution in [0.25, 0.3) is 0 Å². The third kappa shape index (κ3) is 6.09. The maximum atomic E-state index is 14.0. The topological polar surface area (TPSA) is 83.9 Å². The predicted molar refractivity (Wildman–Crippen MR) is 159 cm³/mol. The molecule has 0 radical (unpaired) electrons. The Morgan fingerprint density at radius 1 is 0.878 bits per heavy atom. The number of carbonyl (C=O) groups excluding carboxylic acids is 2. The molecule has 1 N–H and O–H groups in total. The molecule has 0 aromatic heterocycles. The average Bonchev–Trinajstić information content (AvgIpc) is 2.85. The molecule has 0 unspecified atom stereocenters. The molecule has 1 aliphatic heterocycles. The first-order valence-corrected chi connectivity index (χ1v) is 14.7. The van der Waals surface area contributed by atoms with Crippen LogP contribution in [0.3, 0.4) is 0 Å². The van der Waals surface area contributed by atoms with Crippen LogP contribution in [-0.2, 0) is 21.0 Å². The van der Waals surface area contributed by atoms with Crippen molar-refractivity contribution in [3.05, 3.63) is 86.2 Å². The van der Waals surface area contributed by atoms with E-state index in [2.05, 4.69) is 27.7 Å². The van der Waals surface area contributed by atoms with Gasteiger partial charge in [-0.05, 0) is 59.6 Å². The zero-order valence-electron chi connectivity index (χ0n) is 23.9. The smallest absolute Gasteiger partial charge is 0.305 e. The van der Waals surface area contributed by atoms with Crippen molar-refractivity contribution in [3.63, 3.8) is 0 Å². The Hall–Kier alpha value is -3.09. The number of benzene rings is 2. The lowest BCUT2D eigenvalue weighted by atomic mass is 9.63. The van der Waals surface area contributed by atoms with Crippen LogP contribution in [0.4, 0.5) is 0 Å².